The summed E-state index contributed by atoms with van der Waals surface area (Å²) in [6, 6.07) is 16.3. The second-order valence-corrected chi connectivity index (χ2v) is 4.63. The molecule has 2 aromatic rings. The number of nitrogens with one attached hydrogen (secondary N) is 1. The maximum absolute atomic E-state index is 9.41. The zero-order valence-corrected chi connectivity index (χ0v) is 11.0. The number of hydrogen-bond donors (Lipinski definition) is 3. The molecule has 1 unspecified atom stereocenters. The second kappa shape index (κ2) is 6.36. The van der Waals surface area contributed by atoms with Crippen molar-refractivity contribution in [1.29, 1.82) is 0 Å². The van der Waals surface area contributed by atoms with E-state index in [0.29, 0.717) is 6.54 Å². The Hall–Kier alpha value is -1.84. The minimum absolute atomic E-state index is 0.236. The van der Waals surface area contributed by atoms with Crippen molar-refractivity contribution in [3.05, 3.63) is 54.1 Å². The Morgan fingerprint density at radius 1 is 1.11 bits per heavy atom. The molecule has 3 nitrogen and oxygen atoms in total. The molecule has 3 N–H and O–H groups in total. The lowest BCUT2D eigenvalue weighted by Gasteiger charge is -2.14. The molecule has 0 spiro atoms. The molecule has 19 heavy (non-hydrogen) atoms. The summed E-state index contributed by atoms with van der Waals surface area (Å²) in [6.45, 7) is 2.16. The van der Waals surface area contributed by atoms with E-state index in [0.717, 1.165) is 16.8 Å². The lowest BCUT2D eigenvalue weighted by atomic mass is 10.0. The lowest BCUT2D eigenvalue weighted by molar-refractivity contribution is 0.105. The molecule has 0 aromatic heterocycles. The van der Waals surface area contributed by atoms with Crippen LogP contribution in [0.1, 0.15) is 5.56 Å². The van der Waals surface area contributed by atoms with Crippen molar-refractivity contribution < 1.29 is 10.2 Å². The average molecular weight is 257 g/mol. The zero-order valence-electron chi connectivity index (χ0n) is 11.0. The molecule has 0 amide bonds. The Balaban J connectivity index is 2.26. The number of rotatable bonds is 5. The molecule has 0 radical (unpaired) electrons. The van der Waals surface area contributed by atoms with Crippen molar-refractivity contribution >= 4 is 5.69 Å². The van der Waals surface area contributed by atoms with Crippen molar-refractivity contribution in [2.24, 2.45) is 0 Å². The van der Waals surface area contributed by atoms with Gasteiger partial charge in [-0.1, -0.05) is 48.0 Å². The van der Waals surface area contributed by atoms with Crippen LogP contribution in [0, 0.1) is 6.92 Å². The number of aliphatic hydroxyl groups is 2. The van der Waals surface area contributed by atoms with Crippen LogP contribution in [-0.4, -0.2) is 29.5 Å². The van der Waals surface area contributed by atoms with Gasteiger partial charge in [0.1, 0.15) is 0 Å². The molecule has 0 aliphatic heterocycles. The Morgan fingerprint density at radius 2 is 1.89 bits per heavy atom. The molecular weight excluding hydrogens is 238 g/mol. The molecule has 0 fully saturated rings. The van der Waals surface area contributed by atoms with Crippen molar-refractivity contribution in [3.8, 4) is 11.1 Å². The number of hydrogen-bond acceptors (Lipinski definition) is 3. The van der Waals surface area contributed by atoms with Crippen LogP contribution in [0.2, 0.25) is 0 Å². The molecular formula is C16H19NO2. The summed E-state index contributed by atoms with van der Waals surface area (Å²) >= 11 is 0. The van der Waals surface area contributed by atoms with Crippen LogP contribution in [0.15, 0.2) is 48.5 Å². The Labute approximate surface area is 113 Å². The SMILES string of the molecule is Cc1cccc(-c2ccccc2NCC(O)CO)c1. The van der Waals surface area contributed by atoms with Crippen molar-refractivity contribution in [1.82, 2.24) is 0 Å². The smallest absolute Gasteiger partial charge is 0.0942 e. The van der Waals surface area contributed by atoms with Crippen molar-refractivity contribution in [3.63, 3.8) is 0 Å². The third kappa shape index (κ3) is 3.56. The highest BCUT2D eigenvalue weighted by Crippen LogP contribution is 2.28. The summed E-state index contributed by atoms with van der Waals surface area (Å²) in [6.07, 6.45) is -0.745. The summed E-state index contributed by atoms with van der Waals surface area (Å²) < 4.78 is 0. The number of aryl methyl sites for hydroxylation is 1. The predicted octanol–water partition coefficient (Wildman–Crippen LogP) is 2.43. The molecule has 0 aliphatic carbocycles. The van der Waals surface area contributed by atoms with Gasteiger partial charge in [0.25, 0.3) is 0 Å². The van der Waals surface area contributed by atoms with E-state index in [1.165, 1.54) is 5.56 Å². The highest BCUT2D eigenvalue weighted by Gasteiger charge is 2.06. The highest BCUT2D eigenvalue weighted by molar-refractivity contribution is 5.78. The van der Waals surface area contributed by atoms with Gasteiger partial charge in [0.05, 0.1) is 12.7 Å². The van der Waals surface area contributed by atoms with E-state index in [9.17, 15) is 5.11 Å². The molecule has 0 bridgehead atoms. The number of para-hydroxylation sites is 1. The van der Waals surface area contributed by atoms with Crippen molar-refractivity contribution in [2.75, 3.05) is 18.5 Å². The van der Waals surface area contributed by atoms with Gasteiger partial charge in [-0.15, -0.1) is 0 Å². The lowest BCUT2D eigenvalue weighted by Crippen LogP contribution is -2.23. The summed E-state index contributed by atoms with van der Waals surface area (Å²) in [5, 5.41) is 21.4. The summed E-state index contributed by atoms with van der Waals surface area (Å²) in [5.41, 5.74) is 4.40. The zero-order chi connectivity index (χ0) is 13.7. The average Bonchev–Trinajstić information content (AvgIpc) is 2.45. The first-order valence-electron chi connectivity index (χ1n) is 6.39. The summed E-state index contributed by atoms with van der Waals surface area (Å²) in [5.74, 6) is 0. The first kappa shape index (κ1) is 13.6. The maximum atomic E-state index is 9.41. The first-order valence-corrected chi connectivity index (χ1v) is 6.39. The fraction of sp³-hybridized carbons (Fsp3) is 0.250. The predicted molar refractivity (Wildman–Crippen MR) is 78.2 cm³/mol. The van der Waals surface area contributed by atoms with Crippen LogP contribution in [0.25, 0.3) is 11.1 Å². The second-order valence-electron chi connectivity index (χ2n) is 4.63. The van der Waals surface area contributed by atoms with E-state index >= 15 is 0 Å². The fourth-order valence-corrected chi connectivity index (χ4v) is 1.99. The minimum Gasteiger partial charge on any atom is -0.394 e. The van der Waals surface area contributed by atoms with E-state index in [4.69, 9.17) is 5.11 Å². The van der Waals surface area contributed by atoms with Crippen LogP contribution in [0.3, 0.4) is 0 Å². The third-order valence-electron chi connectivity index (χ3n) is 3.00. The van der Waals surface area contributed by atoms with Crippen LogP contribution < -0.4 is 5.32 Å². The van der Waals surface area contributed by atoms with Crippen LogP contribution in [0.4, 0.5) is 5.69 Å². The largest absolute Gasteiger partial charge is 0.394 e. The topological polar surface area (TPSA) is 52.5 Å². The van der Waals surface area contributed by atoms with Crippen LogP contribution in [0.5, 0.6) is 0 Å². The molecule has 0 aliphatic rings. The van der Waals surface area contributed by atoms with E-state index in [-0.39, 0.29) is 6.61 Å². The van der Waals surface area contributed by atoms with Gasteiger partial charge < -0.3 is 15.5 Å². The fourth-order valence-electron chi connectivity index (χ4n) is 1.99. The number of aliphatic hydroxyl groups excluding tert-OH is 2. The van der Waals surface area contributed by atoms with Gasteiger partial charge in [-0.2, -0.15) is 0 Å². The molecule has 100 valence electrons. The van der Waals surface area contributed by atoms with Gasteiger partial charge in [0.2, 0.25) is 0 Å². The molecule has 1 atom stereocenters. The van der Waals surface area contributed by atoms with Crippen molar-refractivity contribution in [2.45, 2.75) is 13.0 Å². The molecule has 0 heterocycles. The number of anilines is 1. The van der Waals surface area contributed by atoms with Gasteiger partial charge in [-0.3, -0.25) is 0 Å². The van der Waals surface area contributed by atoms with Gasteiger partial charge in [0.15, 0.2) is 0 Å². The third-order valence-corrected chi connectivity index (χ3v) is 3.00. The molecule has 0 saturated carbocycles. The highest BCUT2D eigenvalue weighted by atomic mass is 16.3. The van der Waals surface area contributed by atoms with Gasteiger partial charge in [-0.25, -0.2) is 0 Å². The Kier molecular flexibility index (Phi) is 4.55. The van der Waals surface area contributed by atoms with E-state index in [2.05, 4.69) is 30.4 Å². The van der Waals surface area contributed by atoms with Gasteiger partial charge >= 0.3 is 0 Å². The normalized spacial score (nSPS) is 12.2. The quantitative estimate of drug-likeness (QED) is 0.771. The Morgan fingerprint density at radius 3 is 2.63 bits per heavy atom. The molecule has 3 heteroatoms. The van der Waals surface area contributed by atoms with Crippen LogP contribution in [-0.2, 0) is 0 Å². The van der Waals surface area contributed by atoms with E-state index in [1.54, 1.807) is 0 Å². The minimum atomic E-state index is -0.745. The van der Waals surface area contributed by atoms with Gasteiger partial charge in [0, 0.05) is 17.8 Å². The van der Waals surface area contributed by atoms with Crippen LogP contribution >= 0.6 is 0 Å². The molecule has 0 saturated heterocycles. The molecule has 2 aromatic carbocycles. The summed E-state index contributed by atoms with van der Waals surface area (Å²) in [4.78, 5) is 0. The monoisotopic (exact) mass is 257 g/mol. The standard InChI is InChI=1S/C16H19NO2/c1-12-5-4-6-13(9-12)15-7-2-3-8-16(15)17-10-14(19)11-18/h2-9,14,17-19H,10-11H2,1H3. The summed E-state index contributed by atoms with van der Waals surface area (Å²) in [7, 11) is 0. The molecule has 2 rings (SSSR count). The van der Waals surface area contributed by atoms with E-state index in [1.807, 2.05) is 30.3 Å². The van der Waals surface area contributed by atoms with Gasteiger partial charge in [-0.05, 0) is 18.6 Å². The first-order chi connectivity index (χ1) is 9.20. The Bertz CT molecular complexity index is 540. The maximum Gasteiger partial charge on any atom is 0.0942 e. The number of benzene rings is 2. The van der Waals surface area contributed by atoms with E-state index < -0.39 is 6.10 Å².